The molecule has 1 amide bonds. The van der Waals surface area contributed by atoms with Gasteiger partial charge in [-0.15, -0.1) is 0 Å². The van der Waals surface area contributed by atoms with Crippen molar-refractivity contribution in [2.45, 2.75) is 12.5 Å². The van der Waals surface area contributed by atoms with E-state index in [0.717, 1.165) is 19.6 Å². The van der Waals surface area contributed by atoms with Crippen LogP contribution in [0.15, 0.2) is 48.0 Å². The molecule has 3 heterocycles. The highest BCUT2D eigenvalue weighted by atomic mass is 19.1. The van der Waals surface area contributed by atoms with Gasteiger partial charge in [-0.3, -0.25) is 14.5 Å². The number of ether oxygens (including phenoxy) is 3. The Balaban J connectivity index is 1.48. The minimum Gasteiger partial charge on any atom is -0.507 e. The maximum atomic E-state index is 14.2. The standard InChI is InChI=1S/C26H27FN2O6/c27-19-4-1-3-17(15-19)23-22(24(30)18-5-6-20-21(16-18)35-14-13-34-20)25(31)26(32)29(23)8-2-7-28-9-11-33-12-10-28/h1,3-6,15-16,23,30H,2,7-14H2/t23-/m0/s1. The maximum absolute atomic E-state index is 14.2. The number of likely N-dealkylation sites (tertiary alicyclic amines) is 1. The number of hydrogen-bond acceptors (Lipinski definition) is 7. The molecule has 3 aliphatic heterocycles. The molecule has 0 saturated carbocycles. The Labute approximate surface area is 202 Å². The van der Waals surface area contributed by atoms with Gasteiger partial charge in [0.2, 0.25) is 0 Å². The Hall–Kier alpha value is -3.43. The Morgan fingerprint density at radius 2 is 1.74 bits per heavy atom. The lowest BCUT2D eigenvalue weighted by Crippen LogP contribution is -2.39. The molecule has 0 unspecified atom stereocenters. The fourth-order valence-electron chi connectivity index (χ4n) is 4.77. The second-order valence-electron chi connectivity index (χ2n) is 8.71. The lowest BCUT2D eigenvalue weighted by Gasteiger charge is -2.29. The van der Waals surface area contributed by atoms with E-state index in [0.29, 0.717) is 62.0 Å². The summed E-state index contributed by atoms with van der Waals surface area (Å²) in [7, 11) is 0. The predicted molar refractivity (Wildman–Crippen MR) is 125 cm³/mol. The molecule has 1 atom stereocenters. The summed E-state index contributed by atoms with van der Waals surface area (Å²) < 4.78 is 30.7. The number of rotatable bonds is 6. The number of nitrogens with zero attached hydrogens (tertiary/aromatic N) is 2. The van der Waals surface area contributed by atoms with E-state index in [1.165, 1.54) is 23.1 Å². The van der Waals surface area contributed by atoms with Crippen molar-refractivity contribution in [3.8, 4) is 11.5 Å². The average Bonchev–Trinajstić information content (AvgIpc) is 3.13. The highest BCUT2D eigenvalue weighted by molar-refractivity contribution is 6.46. The molecule has 0 radical (unpaired) electrons. The summed E-state index contributed by atoms with van der Waals surface area (Å²) in [6.45, 7) is 4.80. The predicted octanol–water partition coefficient (Wildman–Crippen LogP) is 2.74. The Morgan fingerprint density at radius 3 is 2.51 bits per heavy atom. The normalized spacial score (nSPS) is 22.0. The molecule has 2 saturated heterocycles. The molecule has 2 aromatic carbocycles. The highest BCUT2D eigenvalue weighted by Crippen LogP contribution is 2.41. The topological polar surface area (TPSA) is 88.5 Å². The third-order valence-corrected chi connectivity index (χ3v) is 6.50. The van der Waals surface area contributed by atoms with E-state index in [2.05, 4.69) is 4.90 Å². The van der Waals surface area contributed by atoms with Gasteiger partial charge in [-0.05, 0) is 42.3 Å². The number of carbonyl (C=O) groups excluding carboxylic acids is 2. The van der Waals surface area contributed by atoms with Gasteiger partial charge in [0, 0.05) is 31.7 Å². The van der Waals surface area contributed by atoms with Crippen molar-refractivity contribution in [2.24, 2.45) is 0 Å². The average molecular weight is 483 g/mol. The number of fused-ring (bicyclic) bond motifs is 1. The van der Waals surface area contributed by atoms with Crippen molar-refractivity contribution in [1.29, 1.82) is 0 Å². The molecule has 0 bridgehead atoms. The number of aliphatic hydroxyl groups excluding tert-OH is 1. The SMILES string of the molecule is O=C1C(=O)N(CCCN2CCOCC2)[C@@H](c2cccc(F)c2)C1=C(O)c1ccc2c(c1)OCCO2. The minimum absolute atomic E-state index is 0.0661. The van der Waals surface area contributed by atoms with Crippen molar-refractivity contribution in [3.05, 3.63) is 65.0 Å². The van der Waals surface area contributed by atoms with Gasteiger partial charge in [0.15, 0.2) is 11.5 Å². The summed E-state index contributed by atoms with van der Waals surface area (Å²) in [4.78, 5) is 29.9. The molecule has 9 heteroatoms. The molecular formula is C26H27FN2O6. The third kappa shape index (κ3) is 4.74. The summed E-state index contributed by atoms with van der Waals surface area (Å²) in [5.41, 5.74) is 0.681. The van der Waals surface area contributed by atoms with Crippen LogP contribution in [0.2, 0.25) is 0 Å². The smallest absolute Gasteiger partial charge is 0.295 e. The van der Waals surface area contributed by atoms with E-state index >= 15 is 0 Å². The molecule has 2 aromatic rings. The van der Waals surface area contributed by atoms with Gasteiger partial charge in [0.05, 0.1) is 24.8 Å². The molecule has 5 rings (SSSR count). The van der Waals surface area contributed by atoms with Gasteiger partial charge in [0.25, 0.3) is 11.7 Å². The molecule has 184 valence electrons. The number of ketones is 1. The van der Waals surface area contributed by atoms with Gasteiger partial charge in [-0.2, -0.15) is 0 Å². The van der Waals surface area contributed by atoms with Crippen LogP contribution in [-0.2, 0) is 14.3 Å². The molecule has 3 aliphatic rings. The zero-order valence-electron chi connectivity index (χ0n) is 19.2. The van der Waals surface area contributed by atoms with Crippen LogP contribution in [0.5, 0.6) is 11.5 Å². The number of Topliss-reactive ketones (excluding diaryl/α,β-unsaturated/α-hetero) is 1. The summed E-state index contributed by atoms with van der Waals surface area (Å²) >= 11 is 0. The number of benzene rings is 2. The zero-order valence-corrected chi connectivity index (χ0v) is 19.2. The van der Waals surface area contributed by atoms with Crippen molar-refractivity contribution >= 4 is 17.4 Å². The van der Waals surface area contributed by atoms with Crippen molar-refractivity contribution in [1.82, 2.24) is 9.80 Å². The Bertz CT molecular complexity index is 1160. The van der Waals surface area contributed by atoms with Crippen LogP contribution >= 0.6 is 0 Å². The third-order valence-electron chi connectivity index (χ3n) is 6.50. The number of morpholine rings is 1. The summed E-state index contributed by atoms with van der Waals surface area (Å²) in [5.74, 6) is -1.33. The molecule has 0 aromatic heterocycles. The number of carbonyl (C=O) groups is 2. The molecule has 35 heavy (non-hydrogen) atoms. The van der Waals surface area contributed by atoms with Crippen molar-refractivity contribution < 1.29 is 33.3 Å². The first-order valence-electron chi connectivity index (χ1n) is 11.8. The van der Waals surface area contributed by atoms with Gasteiger partial charge in [0.1, 0.15) is 24.8 Å². The fraction of sp³-hybridized carbons (Fsp3) is 0.385. The van der Waals surface area contributed by atoms with E-state index < -0.39 is 23.5 Å². The molecule has 8 nitrogen and oxygen atoms in total. The minimum atomic E-state index is -0.899. The van der Waals surface area contributed by atoms with Crippen LogP contribution in [0.1, 0.15) is 23.6 Å². The van der Waals surface area contributed by atoms with Gasteiger partial charge < -0.3 is 24.2 Å². The first-order chi connectivity index (χ1) is 17.0. The first-order valence-corrected chi connectivity index (χ1v) is 11.8. The molecular weight excluding hydrogens is 455 g/mol. The molecule has 0 aliphatic carbocycles. The van der Waals surface area contributed by atoms with E-state index in [9.17, 15) is 19.1 Å². The summed E-state index contributed by atoms with van der Waals surface area (Å²) in [5, 5.41) is 11.2. The second kappa shape index (κ2) is 10.1. The van der Waals surface area contributed by atoms with Crippen LogP contribution in [0.3, 0.4) is 0 Å². The Morgan fingerprint density at radius 1 is 0.971 bits per heavy atom. The number of aliphatic hydroxyl groups is 1. The van der Waals surface area contributed by atoms with Gasteiger partial charge in [-0.1, -0.05) is 12.1 Å². The van der Waals surface area contributed by atoms with Crippen LogP contribution in [0.25, 0.3) is 5.76 Å². The van der Waals surface area contributed by atoms with Gasteiger partial charge in [-0.25, -0.2) is 4.39 Å². The monoisotopic (exact) mass is 482 g/mol. The highest BCUT2D eigenvalue weighted by Gasteiger charge is 2.46. The fourth-order valence-corrected chi connectivity index (χ4v) is 4.77. The lowest BCUT2D eigenvalue weighted by molar-refractivity contribution is -0.140. The molecule has 1 N–H and O–H groups in total. The second-order valence-corrected chi connectivity index (χ2v) is 8.71. The first kappa shape index (κ1) is 23.3. The molecule has 0 spiro atoms. The zero-order chi connectivity index (χ0) is 24.4. The van der Waals surface area contributed by atoms with Gasteiger partial charge >= 0.3 is 0 Å². The Kier molecular flexibility index (Phi) is 6.70. The van der Waals surface area contributed by atoms with Crippen molar-refractivity contribution in [3.63, 3.8) is 0 Å². The molecule has 2 fully saturated rings. The number of amides is 1. The lowest BCUT2D eigenvalue weighted by atomic mass is 9.95. The quantitative estimate of drug-likeness (QED) is 0.385. The largest absolute Gasteiger partial charge is 0.507 e. The summed E-state index contributed by atoms with van der Waals surface area (Å²) in [6, 6.07) is 9.73. The maximum Gasteiger partial charge on any atom is 0.295 e. The van der Waals surface area contributed by atoms with Crippen LogP contribution in [0.4, 0.5) is 4.39 Å². The van der Waals surface area contributed by atoms with Crippen LogP contribution in [0, 0.1) is 5.82 Å². The van der Waals surface area contributed by atoms with E-state index in [1.54, 1.807) is 24.3 Å². The summed E-state index contributed by atoms with van der Waals surface area (Å²) in [6.07, 6.45) is 0.628. The van der Waals surface area contributed by atoms with E-state index in [1.807, 2.05) is 0 Å². The van der Waals surface area contributed by atoms with Crippen LogP contribution in [-0.4, -0.2) is 79.2 Å². The van der Waals surface area contributed by atoms with E-state index in [-0.39, 0.29) is 11.3 Å². The number of hydrogen-bond donors (Lipinski definition) is 1. The van der Waals surface area contributed by atoms with E-state index in [4.69, 9.17) is 14.2 Å². The number of halogens is 1. The van der Waals surface area contributed by atoms with Crippen LogP contribution < -0.4 is 9.47 Å². The van der Waals surface area contributed by atoms with Crippen molar-refractivity contribution in [2.75, 3.05) is 52.6 Å².